The van der Waals surface area contributed by atoms with Gasteiger partial charge in [0.05, 0.1) is 59.6 Å². The molecule has 0 radical (unpaired) electrons. The molecule has 0 bridgehead atoms. The maximum Gasteiger partial charge on any atom is 0.326 e. The smallest absolute Gasteiger partial charge is 0.326 e. The van der Waals surface area contributed by atoms with Crippen molar-refractivity contribution < 1.29 is 32.2 Å². The number of para-hydroxylation sites is 1. The molecule has 84 heavy (non-hydrogen) atoms. The van der Waals surface area contributed by atoms with Crippen LogP contribution in [0.5, 0.6) is 17.2 Å². The summed E-state index contributed by atoms with van der Waals surface area (Å²) in [4.78, 5) is 55.1. The Balaban J connectivity index is 0.767. The Morgan fingerprint density at radius 2 is 1.48 bits per heavy atom. The topological polar surface area (TPSA) is 174 Å². The summed E-state index contributed by atoms with van der Waals surface area (Å²) in [5.74, 6) is 2.66. The highest BCUT2D eigenvalue weighted by atomic mass is 35.5. The molecular formula is C63H73Cl3N10O7S. The second-order valence-corrected chi connectivity index (χ2v) is 26.2. The number of nitrogens with one attached hydrogen (secondary N) is 2. The zero-order valence-corrected chi connectivity index (χ0v) is 51.6. The summed E-state index contributed by atoms with van der Waals surface area (Å²) in [5, 5.41) is 7.18. The third kappa shape index (κ3) is 13.4. The number of hydrogen-bond acceptors (Lipinski definition) is 14. The third-order valence-corrected chi connectivity index (χ3v) is 19.4. The maximum absolute atomic E-state index is 15.4. The average Bonchev–Trinajstić information content (AvgIpc) is 2.06. The van der Waals surface area contributed by atoms with E-state index in [0.717, 1.165) is 81.5 Å². The van der Waals surface area contributed by atoms with Gasteiger partial charge in [0.1, 0.15) is 40.7 Å². The Morgan fingerprint density at radius 1 is 0.774 bits per heavy atom. The molecule has 4 heterocycles. The Kier molecular flexibility index (Phi) is 18.9. The van der Waals surface area contributed by atoms with E-state index in [9.17, 15) is 13.2 Å². The number of carbonyl (C=O) groups excluding carboxylic acids is 2. The standard InChI is InChI=1S/C63H73Cl3N10O7S/c1-39(2)83-54-36-49(81-6)23-24-50(54)61-70-58(42-15-19-45(64)20-16-42)59(43-17-21-46(65)22-18-43)76(61)63(78)74-31-32-75(57(77)38-74)48-12-10-11-47(35-48)73-29-27-72(28-30-73)26-25-44-34-55(82-7)53(33-41(44)5)69-62-67-37-51(66)60(71-62)68-52-13-8-9-14-56(52)84(79,80)40(3)4/h8-9,13-24,33-34,36-37,39-40,47-48,58-59H,10-12,25-32,35,38H2,1-7H3,(H2,67,68,69,71)/t47?,48?,58-,59+/m0/s1. The molecule has 2 unspecified atom stereocenters. The van der Waals surface area contributed by atoms with Crippen molar-refractivity contribution in [3.05, 3.63) is 152 Å². The molecule has 4 aliphatic rings. The number of anilines is 4. The van der Waals surface area contributed by atoms with E-state index >= 15 is 4.79 Å². The monoisotopic (exact) mass is 1220 g/mol. The number of aryl methyl sites for hydroxylation is 1. The summed E-state index contributed by atoms with van der Waals surface area (Å²) in [6.45, 7) is 14.7. The highest BCUT2D eigenvalue weighted by Gasteiger charge is 2.46. The van der Waals surface area contributed by atoms with Gasteiger partial charge in [-0.1, -0.05) is 71.2 Å². The molecule has 2 N–H and O–H groups in total. The van der Waals surface area contributed by atoms with Gasteiger partial charge in [-0.05, 0) is 150 Å². The number of rotatable bonds is 18. The molecular weight excluding hydrogens is 1150 g/mol. The van der Waals surface area contributed by atoms with Gasteiger partial charge in [0, 0.05) is 74.0 Å². The summed E-state index contributed by atoms with van der Waals surface area (Å²) in [6.07, 6.45) is 6.06. The first-order valence-electron chi connectivity index (χ1n) is 28.7. The van der Waals surface area contributed by atoms with Crippen LogP contribution in [0, 0.1) is 6.92 Å². The highest BCUT2D eigenvalue weighted by Crippen LogP contribution is 2.46. The first-order valence-corrected chi connectivity index (χ1v) is 31.4. The zero-order chi connectivity index (χ0) is 59.4. The van der Waals surface area contributed by atoms with Gasteiger partial charge in [0.15, 0.2) is 15.7 Å². The van der Waals surface area contributed by atoms with Crippen LogP contribution in [-0.4, -0.2) is 151 Å². The lowest BCUT2D eigenvalue weighted by atomic mass is 9.88. The Hall–Kier alpha value is -6.67. The van der Waals surface area contributed by atoms with Crippen LogP contribution >= 0.6 is 34.8 Å². The fourth-order valence-electron chi connectivity index (χ4n) is 11.9. The molecule has 3 fully saturated rings. The van der Waals surface area contributed by atoms with E-state index in [1.165, 1.54) is 11.8 Å². The lowest BCUT2D eigenvalue weighted by Crippen LogP contribution is -2.60. The lowest BCUT2D eigenvalue weighted by molar-refractivity contribution is -0.139. The van der Waals surface area contributed by atoms with E-state index in [4.69, 9.17) is 54.0 Å². The molecule has 10 rings (SSSR count). The normalized spacial score (nSPS) is 19.9. The van der Waals surface area contributed by atoms with Gasteiger partial charge in [-0.25, -0.2) is 18.2 Å². The van der Waals surface area contributed by atoms with Crippen LogP contribution in [0.4, 0.5) is 27.9 Å². The van der Waals surface area contributed by atoms with Gasteiger partial charge in [-0.2, -0.15) is 4.98 Å². The minimum Gasteiger partial charge on any atom is -0.497 e. The number of halogens is 3. The molecule has 5 aromatic carbocycles. The maximum atomic E-state index is 15.4. The number of hydrogen-bond donors (Lipinski definition) is 2. The van der Waals surface area contributed by atoms with Crippen LogP contribution in [0.25, 0.3) is 0 Å². The quantitative estimate of drug-likeness (QED) is 0.0833. The molecule has 1 aliphatic carbocycles. The molecule has 21 heteroatoms. The van der Waals surface area contributed by atoms with Gasteiger partial charge < -0.3 is 39.5 Å². The fourth-order valence-corrected chi connectivity index (χ4v) is 13.5. The Morgan fingerprint density at radius 3 is 2.15 bits per heavy atom. The van der Waals surface area contributed by atoms with Crippen molar-refractivity contribution in [3.8, 4) is 17.2 Å². The molecule has 0 spiro atoms. The molecule has 3 amide bonds. The number of amides is 3. The van der Waals surface area contributed by atoms with Crippen molar-refractivity contribution in [2.24, 2.45) is 4.99 Å². The van der Waals surface area contributed by atoms with E-state index < -0.39 is 27.2 Å². The molecule has 1 saturated carbocycles. The number of aromatic nitrogens is 2. The Labute approximate surface area is 508 Å². The number of piperazine rings is 2. The number of amidine groups is 1. The van der Waals surface area contributed by atoms with Crippen LogP contribution in [0.15, 0.2) is 119 Å². The molecule has 2 saturated heterocycles. The predicted molar refractivity (Wildman–Crippen MR) is 332 cm³/mol. The number of carbonyl (C=O) groups is 2. The van der Waals surface area contributed by atoms with E-state index in [2.05, 4.69) is 43.4 Å². The van der Waals surface area contributed by atoms with E-state index in [-0.39, 0.29) is 52.3 Å². The number of sulfone groups is 1. The summed E-state index contributed by atoms with van der Waals surface area (Å²) >= 11 is 19.4. The van der Waals surface area contributed by atoms with Gasteiger partial charge in [0.25, 0.3) is 0 Å². The van der Waals surface area contributed by atoms with Gasteiger partial charge >= 0.3 is 6.03 Å². The summed E-state index contributed by atoms with van der Waals surface area (Å²) in [6, 6.07) is 30.4. The molecule has 3 aliphatic heterocycles. The summed E-state index contributed by atoms with van der Waals surface area (Å²) < 4.78 is 44.2. The SMILES string of the molecule is COc1ccc(C2=N[C@@H](c3ccc(Cl)cc3)[C@@H](c3ccc(Cl)cc3)N2C(=O)N2CCN(C3CCCC(N4CCN(CCc5cc(OC)c(Nc6ncc(Cl)c(Nc7ccccc7S(=O)(=O)C(C)C)n6)cc5C)CC4)C3)C(=O)C2)c(OC(C)C)c1. The first-order chi connectivity index (χ1) is 40.4. The first kappa shape index (κ1) is 60.5. The summed E-state index contributed by atoms with van der Waals surface area (Å²) in [5.41, 5.74) is 5.64. The van der Waals surface area contributed by atoms with Gasteiger partial charge in [0.2, 0.25) is 11.9 Å². The van der Waals surface area contributed by atoms with E-state index in [1.54, 1.807) is 62.1 Å². The minimum absolute atomic E-state index is 0.0504. The number of aliphatic imine (C=N–C) groups is 1. The van der Waals surface area contributed by atoms with Gasteiger partial charge in [-0.15, -0.1) is 0 Å². The largest absolute Gasteiger partial charge is 0.497 e. The number of ether oxygens (including phenoxy) is 3. The van der Waals surface area contributed by atoms with Crippen molar-refractivity contribution in [1.29, 1.82) is 0 Å². The number of nitrogens with zero attached hydrogens (tertiary/aromatic N) is 8. The predicted octanol–water partition coefficient (Wildman–Crippen LogP) is 12.2. The minimum atomic E-state index is -3.59. The van der Waals surface area contributed by atoms with Crippen LogP contribution in [0.1, 0.15) is 93.3 Å². The fraction of sp³-hybridized carbons (Fsp3) is 0.413. The average molecular weight is 1220 g/mol. The third-order valence-electron chi connectivity index (χ3n) is 16.4. The van der Waals surface area contributed by atoms with Crippen LogP contribution in [0.2, 0.25) is 15.1 Å². The zero-order valence-electron chi connectivity index (χ0n) is 48.5. The number of methoxy groups -OCH3 is 2. The second kappa shape index (κ2) is 26.3. The van der Waals surface area contributed by atoms with Crippen molar-refractivity contribution >= 4 is 85.6 Å². The van der Waals surface area contributed by atoms with Crippen molar-refractivity contribution in [1.82, 2.24) is 34.5 Å². The number of urea groups is 1. The lowest BCUT2D eigenvalue weighted by Gasteiger charge is -2.46. The Bertz CT molecular complexity index is 3490. The van der Waals surface area contributed by atoms with E-state index in [1.807, 2.05) is 91.5 Å². The number of benzene rings is 5. The van der Waals surface area contributed by atoms with Crippen molar-refractivity contribution in [3.63, 3.8) is 0 Å². The van der Waals surface area contributed by atoms with Crippen molar-refractivity contribution in [2.45, 2.75) is 107 Å². The molecule has 1 aromatic heterocycles. The van der Waals surface area contributed by atoms with E-state index in [0.29, 0.717) is 69.2 Å². The molecule has 6 aromatic rings. The van der Waals surface area contributed by atoms with Crippen LogP contribution in [-0.2, 0) is 21.1 Å². The molecule has 4 atom stereocenters. The molecule has 17 nitrogen and oxygen atoms in total. The highest BCUT2D eigenvalue weighted by molar-refractivity contribution is 7.92. The van der Waals surface area contributed by atoms with Gasteiger partial charge in [-0.3, -0.25) is 19.6 Å². The molecule has 444 valence electrons. The van der Waals surface area contributed by atoms with Crippen molar-refractivity contribution in [2.75, 3.05) is 77.2 Å². The van der Waals surface area contributed by atoms with Crippen LogP contribution < -0.4 is 24.8 Å². The van der Waals surface area contributed by atoms with Crippen LogP contribution in [0.3, 0.4) is 0 Å². The summed E-state index contributed by atoms with van der Waals surface area (Å²) in [7, 11) is -0.352. The second-order valence-electron chi connectivity index (χ2n) is 22.4.